The number of rotatable bonds is 4. The normalized spacial score (nSPS) is 18.0. The lowest BCUT2D eigenvalue weighted by atomic mass is 10.1. The highest BCUT2D eigenvalue weighted by Crippen LogP contribution is 2.25. The van der Waals surface area contributed by atoms with Crippen LogP contribution in [0.15, 0.2) is 24.3 Å². The molecule has 0 bridgehead atoms. The van der Waals surface area contributed by atoms with Gasteiger partial charge in [-0.15, -0.1) is 0 Å². The largest absolute Gasteiger partial charge is 0.373 e. The number of nitrogens with zero attached hydrogens (tertiary/aromatic N) is 4. The molecule has 7 nitrogen and oxygen atoms in total. The van der Waals surface area contributed by atoms with Crippen molar-refractivity contribution in [1.29, 1.82) is 0 Å². The van der Waals surface area contributed by atoms with E-state index in [1.807, 2.05) is 30.7 Å². The van der Waals surface area contributed by atoms with Gasteiger partial charge in [-0.1, -0.05) is 0 Å². The van der Waals surface area contributed by atoms with Gasteiger partial charge in [-0.3, -0.25) is 14.8 Å². The predicted octanol–water partition coefficient (Wildman–Crippen LogP) is 2.62. The van der Waals surface area contributed by atoms with Gasteiger partial charge in [-0.25, -0.2) is 0 Å². The maximum Gasteiger partial charge on any atom is 0.272 e. The first-order valence-electron chi connectivity index (χ1n) is 8.06. The van der Waals surface area contributed by atoms with Gasteiger partial charge >= 0.3 is 0 Å². The van der Waals surface area contributed by atoms with E-state index in [0.717, 1.165) is 30.2 Å². The molecule has 1 aromatic heterocycles. The van der Waals surface area contributed by atoms with Crippen molar-refractivity contribution in [2.75, 3.05) is 24.6 Å². The first-order chi connectivity index (χ1) is 11.4. The van der Waals surface area contributed by atoms with Crippen LogP contribution in [0, 0.1) is 30.9 Å². The van der Waals surface area contributed by atoms with Crippen LogP contribution in [0.3, 0.4) is 0 Å². The van der Waals surface area contributed by atoms with Gasteiger partial charge in [0.05, 0.1) is 29.9 Å². The van der Waals surface area contributed by atoms with Gasteiger partial charge in [0.2, 0.25) is 0 Å². The Hall–Kier alpha value is -2.41. The van der Waals surface area contributed by atoms with Crippen molar-refractivity contribution in [2.45, 2.75) is 33.4 Å². The molecule has 1 atom stereocenters. The molecule has 1 aliphatic rings. The molecular formula is C17H22N4O3. The smallest absolute Gasteiger partial charge is 0.272 e. The Kier molecular flexibility index (Phi) is 4.53. The summed E-state index contributed by atoms with van der Waals surface area (Å²) in [5.41, 5.74) is 3.97. The number of morpholine rings is 1. The Labute approximate surface area is 141 Å². The van der Waals surface area contributed by atoms with Gasteiger partial charge in [0.15, 0.2) is 0 Å². The highest BCUT2D eigenvalue weighted by molar-refractivity contribution is 5.55. The van der Waals surface area contributed by atoms with Gasteiger partial charge in [0.1, 0.15) is 0 Å². The molecule has 1 fully saturated rings. The third kappa shape index (κ3) is 3.41. The maximum absolute atomic E-state index is 11.0. The summed E-state index contributed by atoms with van der Waals surface area (Å²) in [6.45, 7) is 8.68. The zero-order valence-corrected chi connectivity index (χ0v) is 14.2. The Balaban J connectivity index is 1.72. The van der Waals surface area contributed by atoms with Crippen LogP contribution >= 0.6 is 0 Å². The number of aryl methyl sites for hydroxylation is 3. The van der Waals surface area contributed by atoms with Crippen LogP contribution in [0.2, 0.25) is 0 Å². The van der Waals surface area contributed by atoms with Crippen LogP contribution < -0.4 is 4.90 Å². The van der Waals surface area contributed by atoms with Gasteiger partial charge in [-0.2, -0.15) is 5.10 Å². The van der Waals surface area contributed by atoms with E-state index in [0.29, 0.717) is 18.7 Å². The molecule has 0 saturated carbocycles. The lowest BCUT2D eigenvalue weighted by Crippen LogP contribution is -2.44. The molecule has 0 radical (unpaired) electrons. The summed E-state index contributed by atoms with van der Waals surface area (Å²) in [6.07, 6.45) is 0.0484. The van der Waals surface area contributed by atoms with E-state index < -0.39 is 0 Å². The molecule has 1 aliphatic heterocycles. The topological polar surface area (TPSA) is 73.4 Å². The quantitative estimate of drug-likeness (QED) is 0.636. The van der Waals surface area contributed by atoms with Gasteiger partial charge in [-0.05, 0) is 39.0 Å². The molecule has 7 heteroatoms. The molecule has 1 unspecified atom stereocenters. The molecule has 0 N–H and O–H groups in total. The summed E-state index contributed by atoms with van der Waals surface area (Å²) in [6, 6.07) is 7.33. The van der Waals surface area contributed by atoms with E-state index in [9.17, 15) is 10.1 Å². The molecule has 0 amide bonds. The van der Waals surface area contributed by atoms with E-state index in [1.54, 1.807) is 13.0 Å². The highest BCUT2D eigenvalue weighted by Gasteiger charge is 2.23. The van der Waals surface area contributed by atoms with Crippen molar-refractivity contribution in [3.05, 3.63) is 51.3 Å². The Bertz CT molecular complexity index is 756. The third-order valence-electron chi connectivity index (χ3n) is 4.36. The second-order valence-electron chi connectivity index (χ2n) is 6.28. The third-order valence-corrected chi connectivity index (χ3v) is 4.36. The van der Waals surface area contributed by atoms with Gasteiger partial charge in [0.25, 0.3) is 5.69 Å². The fourth-order valence-electron chi connectivity index (χ4n) is 3.16. The van der Waals surface area contributed by atoms with Crippen LogP contribution in [0.4, 0.5) is 11.4 Å². The minimum atomic E-state index is -0.343. The molecule has 1 aromatic carbocycles. The molecule has 3 rings (SSSR count). The first kappa shape index (κ1) is 16.4. The zero-order valence-electron chi connectivity index (χ0n) is 14.2. The molecule has 0 aliphatic carbocycles. The van der Waals surface area contributed by atoms with Gasteiger partial charge in [0, 0.05) is 36.1 Å². The summed E-state index contributed by atoms with van der Waals surface area (Å²) in [5, 5.41) is 15.5. The maximum atomic E-state index is 11.0. The summed E-state index contributed by atoms with van der Waals surface area (Å²) < 4.78 is 7.86. The fraction of sp³-hybridized carbons (Fsp3) is 0.471. The van der Waals surface area contributed by atoms with Crippen LogP contribution in [-0.2, 0) is 11.3 Å². The number of nitro benzene ring substituents is 1. The SMILES string of the molecule is Cc1cc(C)n(CC2CN(c3ccc([N+](=O)[O-])c(C)c3)CCO2)n1. The predicted molar refractivity (Wildman–Crippen MR) is 91.5 cm³/mol. The van der Waals surface area contributed by atoms with Crippen LogP contribution in [0.1, 0.15) is 17.0 Å². The van der Waals surface area contributed by atoms with Crippen molar-refractivity contribution >= 4 is 11.4 Å². The zero-order chi connectivity index (χ0) is 17.3. The average Bonchev–Trinajstić information content (AvgIpc) is 2.84. The fourth-order valence-corrected chi connectivity index (χ4v) is 3.16. The van der Waals surface area contributed by atoms with Crippen LogP contribution in [-0.4, -0.2) is 40.5 Å². The van der Waals surface area contributed by atoms with Crippen molar-refractivity contribution in [3.63, 3.8) is 0 Å². The summed E-state index contributed by atoms with van der Waals surface area (Å²) in [5.74, 6) is 0. The molecule has 0 spiro atoms. The van der Waals surface area contributed by atoms with E-state index in [2.05, 4.69) is 16.1 Å². The summed E-state index contributed by atoms with van der Waals surface area (Å²) in [7, 11) is 0. The van der Waals surface area contributed by atoms with Crippen molar-refractivity contribution in [1.82, 2.24) is 9.78 Å². The first-order valence-corrected chi connectivity index (χ1v) is 8.06. The van der Waals surface area contributed by atoms with Crippen molar-refractivity contribution in [3.8, 4) is 0 Å². The van der Waals surface area contributed by atoms with E-state index in [1.165, 1.54) is 0 Å². The monoisotopic (exact) mass is 330 g/mol. The average molecular weight is 330 g/mol. The molecular weight excluding hydrogens is 308 g/mol. The number of nitro groups is 1. The molecule has 2 heterocycles. The number of ether oxygens (including phenoxy) is 1. The number of anilines is 1. The second-order valence-corrected chi connectivity index (χ2v) is 6.28. The minimum absolute atomic E-state index is 0.0484. The number of hydrogen-bond acceptors (Lipinski definition) is 5. The van der Waals surface area contributed by atoms with E-state index in [4.69, 9.17) is 4.74 Å². The van der Waals surface area contributed by atoms with Crippen LogP contribution in [0.5, 0.6) is 0 Å². The van der Waals surface area contributed by atoms with E-state index >= 15 is 0 Å². The standard InChI is InChI=1S/C17H22N4O3/c1-12-8-15(4-5-17(12)21(22)23)19-6-7-24-16(10-19)11-20-14(3)9-13(2)18-20/h4-5,8-9,16H,6-7,10-11H2,1-3H3. The summed E-state index contributed by atoms with van der Waals surface area (Å²) in [4.78, 5) is 12.8. The van der Waals surface area contributed by atoms with Crippen molar-refractivity contribution in [2.24, 2.45) is 0 Å². The molecule has 128 valence electrons. The lowest BCUT2D eigenvalue weighted by molar-refractivity contribution is -0.385. The Morgan fingerprint density at radius 2 is 2.12 bits per heavy atom. The van der Waals surface area contributed by atoms with E-state index in [-0.39, 0.29) is 16.7 Å². The lowest BCUT2D eigenvalue weighted by Gasteiger charge is -2.34. The van der Waals surface area contributed by atoms with Gasteiger partial charge < -0.3 is 9.64 Å². The Morgan fingerprint density at radius 3 is 2.75 bits per heavy atom. The molecule has 1 saturated heterocycles. The van der Waals surface area contributed by atoms with Crippen LogP contribution in [0.25, 0.3) is 0 Å². The summed E-state index contributed by atoms with van der Waals surface area (Å²) >= 11 is 0. The van der Waals surface area contributed by atoms with Crippen molar-refractivity contribution < 1.29 is 9.66 Å². The number of aromatic nitrogens is 2. The molecule has 2 aromatic rings. The number of benzene rings is 1. The number of hydrogen-bond donors (Lipinski definition) is 0. The minimum Gasteiger partial charge on any atom is -0.373 e. The highest BCUT2D eigenvalue weighted by atomic mass is 16.6. The second kappa shape index (κ2) is 6.60. The molecule has 24 heavy (non-hydrogen) atoms. The Morgan fingerprint density at radius 1 is 1.33 bits per heavy atom.